The third-order valence-corrected chi connectivity index (χ3v) is 7.05. The van der Waals surface area contributed by atoms with Gasteiger partial charge in [-0.2, -0.15) is 13.2 Å². The summed E-state index contributed by atoms with van der Waals surface area (Å²) in [5, 5.41) is 4.27. The van der Waals surface area contributed by atoms with Gasteiger partial charge in [-0.25, -0.2) is 4.79 Å². The molecular formula is C28H27BrF3N3O6. The summed E-state index contributed by atoms with van der Waals surface area (Å²) in [6.45, 7) is 2.67. The van der Waals surface area contributed by atoms with Crippen molar-refractivity contribution in [2.75, 3.05) is 18.6 Å². The number of anilines is 1. The highest BCUT2D eigenvalue weighted by atomic mass is 79.9. The van der Waals surface area contributed by atoms with Crippen LogP contribution in [-0.2, 0) is 25.7 Å². The van der Waals surface area contributed by atoms with Crippen LogP contribution in [-0.4, -0.2) is 55.9 Å². The molecule has 0 unspecified atom stereocenters. The van der Waals surface area contributed by atoms with Gasteiger partial charge in [0.15, 0.2) is 0 Å². The molecule has 41 heavy (non-hydrogen) atoms. The maximum Gasteiger partial charge on any atom is 0.490 e. The predicted octanol–water partition coefficient (Wildman–Crippen LogP) is 4.15. The predicted molar refractivity (Wildman–Crippen MR) is 148 cm³/mol. The number of esters is 1. The summed E-state index contributed by atoms with van der Waals surface area (Å²) in [4.78, 5) is 39.3. The van der Waals surface area contributed by atoms with Crippen molar-refractivity contribution in [2.24, 2.45) is 5.73 Å². The molecule has 0 aliphatic carbocycles. The maximum absolute atomic E-state index is 13.9. The zero-order valence-corrected chi connectivity index (χ0v) is 23.8. The Kier molecular flexibility index (Phi) is 8.78. The van der Waals surface area contributed by atoms with Gasteiger partial charge in [-0.1, -0.05) is 28.1 Å². The number of ether oxygens (including phenoxy) is 3. The van der Waals surface area contributed by atoms with Crippen LogP contribution < -0.4 is 25.4 Å². The summed E-state index contributed by atoms with van der Waals surface area (Å²) in [5.74, 6) is -3.09. The van der Waals surface area contributed by atoms with E-state index < -0.39 is 42.1 Å². The van der Waals surface area contributed by atoms with Crippen LogP contribution in [0.25, 0.3) is 10.8 Å². The van der Waals surface area contributed by atoms with E-state index >= 15 is 0 Å². The quantitative estimate of drug-likeness (QED) is 0.374. The topological polar surface area (TPSA) is 120 Å². The first-order chi connectivity index (χ1) is 19.3. The van der Waals surface area contributed by atoms with Gasteiger partial charge in [0.25, 0.3) is 5.91 Å². The number of aryl methyl sites for hydroxylation is 1. The van der Waals surface area contributed by atoms with Crippen molar-refractivity contribution >= 4 is 50.2 Å². The van der Waals surface area contributed by atoms with Crippen molar-refractivity contribution in [3.63, 3.8) is 0 Å². The van der Waals surface area contributed by atoms with Crippen molar-refractivity contribution in [3.05, 3.63) is 64.1 Å². The second-order valence-corrected chi connectivity index (χ2v) is 10.5. The molecule has 4 rings (SSSR count). The number of benzene rings is 3. The number of nitrogens with two attached hydrogens (primary N) is 1. The van der Waals surface area contributed by atoms with Crippen molar-refractivity contribution in [3.8, 4) is 11.5 Å². The number of hydrogen-bond acceptors (Lipinski definition) is 7. The van der Waals surface area contributed by atoms with E-state index in [1.54, 1.807) is 12.1 Å². The third kappa shape index (κ3) is 6.73. The Balaban J connectivity index is 1.63. The van der Waals surface area contributed by atoms with Crippen LogP contribution in [0, 0.1) is 6.92 Å². The minimum atomic E-state index is -5.25. The molecule has 9 nitrogen and oxygen atoms in total. The van der Waals surface area contributed by atoms with Gasteiger partial charge in [0.05, 0.1) is 19.3 Å². The van der Waals surface area contributed by atoms with Crippen LogP contribution in [0.1, 0.15) is 18.1 Å². The SMILES string of the molecule is COc1cc2ccc(Br)cc2cc1CN1C(=O)[C@@H](NC(=O)[C@@H](N)[C@H](C)OC(=O)C(F)(F)F)COc2cc(C)ccc21. The zero-order valence-electron chi connectivity index (χ0n) is 22.3. The molecule has 3 N–H and O–H groups in total. The Hall–Kier alpha value is -3.84. The molecule has 0 saturated heterocycles. The standard InChI is InChI=1S/C28H27BrF3N3O6/c1-14-4-7-21-23(8-14)40-13-20(34-25(36)24(33)15(2)41-27(38)28(30,31)32)26(37)35(21)12-18-9-17-10-19(29)6-5-16(17)11-22(18)39-3/h4-11,15,20,24H,12-13,33H2,1-3H3,(H,34,36)/t15-,20-,24-/m0/s1. The van der Waals surface area contributed by atoms with Gasteiger partial charge in [-0.3, -0.25) is 9.59 Å². The van der Waals surface area contributed by atoms with Crippen LogP contribution in [0.15, 0.2) is 53.0 Å². The summed E-state index contributed by atoms with van der Waals surface area (Å²) < 4.78 is 54.4. The first-order valence-electron chi connectivity index (χ1n) is 12.4. The lowest BCUT2D eigenvalue weighted by Gasteiger charge is -2.27. The van der Waals surface area contributed by atoms with Crippen LogP contribution in [0.4, 0.5) is 18.9 Å². The summed E-state index contributed by atoms with van der Waals surface area (Å²) in [5.41, 5.74) is 7.77. The number of alkyl halides is 3. The van der Waals surface area contributed by atoms with E-state index in [9.17, 15) is 27.6 Å². The fourth-order valence-electron chi connectivity index (χ4n) is 4.35. The molecule has 1 aliphatic heterocycles. The molecule has 13 heteroatoms. The van der Waals surface area contributed by atoms with E-state index in [1.165, 1.54) is 12.0 Å². The van der Waals surface area contributed by atoms with Crippen molar-refractivity contribution in [2.45, 2.75) is 44.8 Å². The molecule has 3 atom stereocenters. The molecule has 0 spiro atoms. The van der Waals surface area contributed by atoms with Gasteiger partial charge in [0.2, 0.25) is 5.91 Å². The molecular weight excluding hydrogens is 611 g/mol. The number of halogens is 4. The molecule has 3 aromatic carbocycles. The largest absolute Gasteiger partial charge is 0.496 e. The fraction of sp³-hybridized carbons (Fsp3) is 0.321. The molecule has 0 aromatic heterocycles. The number of amides is 2. The number of nitrogens with zero attached hydrogens (tertiary/aromatic N) is 1. The van der Waals surface area contributed by atoms with E-state index in [1.807, 2.05) is 43.3 Å². The number of nitrogens with one attached hydrogen (secondary N) is 1. The molecule has 3 aromatic rings. The van der Waals surface area contributed by atoms with Crippen molar-refractivity contribution in [1.82, 2.24) is 5.32 Å². The van der Waals surface area contributed by atoms with E-state index in [0.29, 0.717) is 22.7 Å². The molecule has 218 valence electrons. The minimum Gasteiger partial charge on any atom is -0.496 e. The second-order valence-electron chi connectivity index (χ2n) is 9.56. The molecule has 0 radical (unpaired) electrons. The summed E-state index contributed by atoms with van der Waals surface area (Å²) in [6.07, 6.45) is -6.87. The average Bonchev–Trinajstić information content (AvgIpc) is 3.03. The third-order valence-electron chi connectivity index (χ3n) is 6.56. The van der Waals surface area contributed by atoms with Gasteiger partial charge in [-0.15, -0.1) is 0 Å². The van der Waals surface area contributed by atoms with Gasteiger partial charge in [0, 0.05) is 10.0 Å². The van der Waals surface area contributed by atoms with Crippen LogP contribution in [0.5, 0.6) is 11.5 Å². The zero-order chi connectivity index (χ0) is 30.1. The Morgan fingerprint density at radius 1 is 1.17 bits per heavy atom. The summed E-state index contributed by atoms with van der Waals surface area (Å²) >= 11 is 3.47. The Labute approximate surface area is 241 Å². The van der Waals surface area contributed by atoms with Gasteiger partial charge < -0.3 is 30.2 Å². The number of hydrogen-bond donors (Lipinski definition) is 2. The number of carbonyl (C=O) groups excluding carboxylic acids is 3. The van der Waals surface area contributed by atoms with E-state index in [0.717, 1.165) is 27.7 Å². The molecule has 2 amide bonds. The normalized spacial score (nSPS) is 16.7. The van der Waals surface area contributed by atoms with Crippen molar-refractivity contribution in [1.29, 1.82) is 0 Å². The highest BCUT2D eigenvalue weighted by Crippen LogP contribution is 2.36. The van der Waals surface area contributed by atoms with Crippen LogP contribution in [0.2, 0.25) is 0 Å². The summed E-state index contributed by atoms with van der Waals surface area (Å²) in [6, 6.07) is 11.8. The number of methoxy groups -OCH3 is 1. The number of fused-ring (bicyclic) bond motifs is 2. The first kappa shape index (κ1) is 30.1. The lowest BCUT2D eigenvalue weighted by Crippen LogP contribution is -2.57. The highest BCUT2D eigenvalue weighted by molar-refractivity contribution is 9.10. The van der Waals surface area contributed by atoms with E-state index in [-0.39, 0.29) is 13.2 Å². The molecule has 0 bridgehead atoms. The van der Waals surface area contributed by atoms with E-state index in [4.69, 9.17) is 15.2 Å². The lowest BCUT2D eigenvalue weighted by atomic mass is 10.0. The Morgan fingerprint density at radius 2 is 1.90 bits per heavy atom. The first-order valence-corrected chi connectivity index (χ1v) is 13.2. The Morgan fingerprint density at radius 3 is 2.59 bits per heavy atom. The average molecular weight is 638 g/mol. The monoisotopic (exact) mass is 637 g/mol. The van der Waals surface area contributed by atoms with Crippen LogP contribution in [0.3, 0.4) is 0 Å². The highest BCUT2D eigenvalue weighted by Gasteiger charge is 2.43. The van der Waals surface area contributed by atoms with Gasteiger partial charge in [-0.05, 0) is 66.6 Å². The maximum atomic E-state index is 13.9. The lowest BCUT2D eigenvalue weighted by molar-refractivity contribution is -0.204. The minimum absolute atomic E-state index is 0.0436. The van der Waals surface area contributed by atoms with Crippen molar-refractivity contribution < 1.29 is 41.8 Å². The summed E-state index contributed by atoms with van der Waals surface area (Å²) in [7, 11) is 1.52. The fourth-order valence-corrected chi connectivity index (χ4v) is 4.73. The molecule has 0 saturated carbocycles. The molecule has 0 fully saturated rings. The van der Waals surface area contributed by atoms with Gasteiger partial charge >= 0.3 is 12.1 Å². The smallest absolute Gasteiger partial charge is 0.490 e. The molecule has 1 heterocycles. The molecule has 1 aliphatic rings. The van der Waals surface area contributed by atoms with Crippen LogP contribution >= 0.6 is 15.9 Å². The van der Waals surface area contributed by atoms with E-state index in [2.05, 4.69) is 26.0 Å². The second kappa shape index (κ2) is 12.0. The Bertz CT molecular complexity index is 1500. The number of carbonyl (C=O) groups is 3. The van der Waals surface area contributed by atoms with Gasteiger partial charge in [0.1, 0.15) is 36.3 Å². The number of rotatable bonds is 7.